The molecule has 0 unspecified atom stereocenters. The van der Waals surface area contributed by atoms with E-state index in [-0.39, 0.29) is 11.0 Å². The molecule has 1 aromatic rings. The van der Waals surface area contributed by atoms with Crippen molar-refractivity contribution >= 4 is 0 Å². The minimum atomic E-state index is 0.182. The van der Waals surface area contributed by atoms with Crippen LogP contribution in [0.15, 0.2) is 24.5 Å². The van der Waals surface area contributed by atoms with E-state index in [1.54, 1.807) is 0 Å². The average molecular weight is 260 g/mol. The minimum absolute atomic E-state index is 0.182. The van der Waals surface area contributed by atoms with E-state index in [0.717, 1.165) is 6.54 Å². The topological polar surface area (TPSA) is 24.9 Å². The van der Waals surface area contributed by atoms with Gasteiger partial charge >= 0.3 is 0 Å². The second-order valence-corrected chi connectivity index (χ2v) is 7.04. The van der Waals surface area contributed by atoms with Crippen molar-refractivity contribution in [1.82, 2.24) is 10.3 Å². The largest absolute Gasteiger partial charge is 0.311 e. The zero-order valence-electron chi connectivity index (χ0n) is 12.7. The molecule has 19 heavy (non-hydrogen) atoms. The maximum Gasteiger partial charge on any atom is 0.0306 e. The molecule has 1 fully saturated rings. The van der Waals surface area contributed by atoms with E-state index >= 15 is 0 Å². The smallest absolute Gasteiger partial charge is 0.0306 e. The third-order valence-corrected chi connectivity index (χ3v) is 4.29. The Balaban J connectivity index is 2.21. The lowest BCUT2D eigenvalue weighted by Gasteiger charge is -2.36. The lowest BCUT2D eigenvalue weighted by atomic mass is 9.74. The van der Waals surface area contributed by atoms with Gasteiger partial charge in [-0.2, -0.15) is 0 Å². The van der Waals surface area contributed by atoms with Gasteiger partial charge in [0.2, 0.25) is 0 Å². The van der Waals surface area contributed by atoms with Gasteiger partial charge in [0.05, 0.1) is 0 Å². The normalized spacial score (nSPS) is 19.9. The third-order valence-electron chi connectivity index (χ3n) is 4.29. The summed E-state index contributed by atoms with van der Waals surface area (Å²) in [5, 5.41) is 3.73. The van der Waals surface area contributed by atoms with Crippen LogP contribution in [0.3, 0.4) is 0 Å². The summed E-state index contributed by atoms with van der Waals surface area (Å²) in [7, 11) is 0. The molecular weight excluding hydrogens is 232 g/mol. The summed E-state index contributed by atoms with van der Waals surface area (Å²) in [6, 6.07) is 4.35. The van der Waals surface area contributed by atoms with Crippen LogP contribution in [0.25, 0.3) is 0 Å². The molecule has 2 rings (SSSR count). The molecule has 0 radical (unpaired) electrons. The van der Waals surface area contributed by atoms with Crippen LogP contribution in [0, 0.1) is 0 Å². The lowest BCUT2D eigenvalue weighted by Crippen LogP contribution is -2.46. The molecule has 0 spiro atoms. The molecule has 0 aromatic carbocycles. The lowest BCUT2D eigenvalue weighted by molar-refractivity contribution is 0.299. The molecule has 0 bridgehead atoms. The van der Waals surface area contributed by atoms with Crippen molar-refractivity contribution in [2.45, 2.75) is 70.3 Å². The molecule has 1 heterocycles. The van der Waals surface area contributed by atoms with Gasteiger partial charge in [-0.3, -0.25) is 4.98 Å². The Labute approximate surface area is 118 Å². The van der Waals surface area contributed by atoms with Crippen molar-refractivity contribution in [2.75, 3.05) is 6.54 Å². The molecule has 1 aromatic heterocycles. The Hall–Kier alpha value is -0.890. The molecule has 1 aliphatic rings. The van der Waals surface area contributed by atoms with Crippen LogP contribution in [-0.2, 0) is 5.41 Å². The highest BCUT2D eigenvalue weighted by Gasteiger charge is 2.33. The van der Waals surface area contributed by atoms with Crippen LogP contribution < -0.4 is 5.32 Å². The highest BCUT2D eigenvalue weighted by molar-refractivity contribution is 5.23. The zero-order valence-corrected chi connectivity index (χ0v) is 12.7. The Morgan fingerprint density at radius 3 is 2.37 bits per heavy atom. The van der Waals surface area contributed by atoms with Gasteiger partial charge in [-0.15, -0.1) is 0 Å². The first kappa shape index (κ1) is 14.5. The van der Waals surface area contributed by atoms with E-state index in [1.807, 2.05) is 6.20 Å². The summed E-state index contributed by atoms with van der Waals surface area (Å²) in [6.45, 7) is 7.82. The molecular formula is C17H28N2. The molecule has 1 aliphatic carbocycles. The molecule has 0 aliphatic heterocycles. The Morgan fingerprint density at radius 2 is 1.84 bits per heavy atom. The number of nitrogens with zero attached hydrogens (tertiary/aromatic N) is 1. The fourth-order valence-electron chi connectivity index (χ4n) is 3.08. The predicted molar refractivity (Wildman–Crippen MR) is 81.4 cm³/mol. The van der Waals surface area contributed by atoms with Gasteiger partial charge in [0.15, 0.2) is 0 Å². The van der Waals surface area contributed by atoms with Crippen LogP contribution in [-0.4, -0.2) is 17.1 Å². The quantitative estimate of drug-likeness (QED) is 0.829. The maximum atomic E-state index is 4.35. The van der Waals surface area contributed by atoms with Crippen molar-refractivity contribution in [2.24, 2.45) is 0 Å². The van der Waals surface area contributed by atoms with Crippen LogP contribution in [0.4, 0.5) is 0 Å². The zero-order chi connectivity index (χ0) is 13.8. The van der Waals surface area contributed by atoms with Crippen LogP contribution in [0.2, 0.25) is 0 Å². The maximum absolute atomic E-state index is 4.35. The first-order chi connectivity index (χ1) is 9.02. The van der Waals surface area contributed by atoms with Gasteiger partial charge in [-0.1, -0.05) is 31.7 Å². The van der Waals surface area contributed by atoms with E-state index < -0.39 is 0 Å². The molecule has 2 nitrogen and oxygen atoms in total. The molecule has 0 amide bonds. The van der Waals surface area contributed by atoms with Gasteiger partial charge in [-0.05, 0) is 45.2 Å². The second-order valence-electron chi connectivity index (χ2n) is 7.04. The van der Waals surface area contributed by atoms with Gasteiger partial charge < -0.3 is 5.32 Å². The standard InChI is InChI=1S/C17H28N2/c1-16(2,3)19-14-17(10-6-4-5-7-11-17)15-9-8-12-18-13-15/h8-9,12-13,19H,4-7,10-11,14H2,1-3H3. The monoisotopic (exact) mass is 260 g/mol. The molecule has 0 atom stereocenters. The summed E-state index contributed by atoms with van der Waals surface area (Å²) >= 11 is 0. The van der Waals surface area contributed by atoms with Crippen LogP contribution >= 0.6 is 0 Å². The summed E-state index contributed by atoms with van der Waals surface area (Å²) in [6.07, 6.45) is 12.0. The summed E-state index contributed by atoms with van der Waals surface area (Å²) < 4.78 is 0. The molecule has 0 saturated heterocycles. The number of hydrogen-bond donors (Lipinski definition) is 1. The van der Waals surface area contributed by atoms with Crippen molar-refractivity contribution < 1.29 is 0 Å². The van der Waals surface area contributed by atoms with Gasteiger partial charge in [0, 0.05) is 29.9 Å². The molecule has 1 N–H and O–H groups in total. The number of pyridine rings is 1. The number of aromatic nitrogens is 1. The highest BCUT2D eigenvalue weighted by atomic mass is 15.0. The van der Waals surface area contributed by atoms with Crippen molar-refractivity contribution in [1.29, 1.82) is 0 Å². The summed E-state index contributed by atoms with van der Waals surface area (Å²) in [4.78, 5) is 4.35. The van der Waals surface area contributed by atoms with Crippen molar-refractivity contribution in [3.8, 4) is 0 Å². The number of nitrogens with one attached hydrogen (secondary N) is 1. The minimum Gasteiger partial charge on any atom is -0.311 e. The fourth-order valence-corrected chi connectivity index (χ4v) is 3.08. The Kier molecular flexibility index (Phi) is 4.62. The van der Waals surface area contributed by atoms with Gasteiger partial charge in [-0.25, -0.2) is 0 Å². The third kappa shape index (κ3) is 4.04. The first-order valence-electron chi connectivity index (χ1n) is 7.67. The second kappa shape index (κ2) is 6.04. The van der Waals surface area contributed by atoms with E-state index in [2.05, 4.69) is 49.4 Å². The van der Waals surface area contributed by atoms with Gasteiger partial charge in [0.1, 0.15) is 0 Å². The Morgan fingerprint density at radius 1 is 1.16 bits per heavy atom. The van der Waals surface area contributed by atoms with Crippen LogP contribution in [0.5, 0.6) is 0 Å². The average Bonchev–Trinajstić information content (AvgIpc) is 2.63. The van der Waals surface area contributed by atoms with E-state index in [1.165, 1.54) is 44.1 Å². The highest BCUT2D eigenvalue weighted by Crippen LogP contribution is 2.37. The molecule has 1 saturated carbocycles. The van der Waals surface area contributed by atoms with Gasteiger partial charge in [0.25, 0.3) is 0 Å². The van der Waals surface area contributed by atoms with E-state index in [9.17, 15) is 0 Å². The van der Waals surface area contributed by atoms with Crippen molar-refractivity contribution in [3.63, 3.8) is 0 Å². The first-order valence-corrected chi connectivity index (χ1v) is 7.67. The molecule has 106 valence electrons. The van der Waals surface area contributed by atoms with Crippen molar-refractivity contribution in [3.05, 3.63) is 30.1 Å². The fraction of sp³-hybridized carbons (Fsp3) is 0.706. The number of hydrogen-bond acceptors (Lipinski definition) is 2. The Bertz CT molecular complexity index is 370. The van der Waals surface area contributed by atoms with E-state index in [4.69, 9.17) is 0 Å². The number of rotatable bonds is 3. The van der Waals surface area contributed by atoms with E-state index in [0.29, 0.717) is 0 Å². The van der Waals surface area contributed by atoms with Crippen LogP contribution in [0.1, 0.15) is 64.9 Å². The SMILES string of the molecule is CC(C)(C)NCC1(c2cccnc2)CCCCCC1. The summed E-state index contributed by atoms with van der Waals surface area (Å²) in [5.41, 5.74) is 1.90. The predicted octanol–water partition coefficient (Wildman–Crippen LogP) is 4.06. The molecule has 2 heteroatoms. The summed E-state index contributed by atoms with van der Waals surface area (Å²) in [5.74, 6) is 0.